The van der Waals surface area contributed by atoms with Crippen molar-refractivity contribution in [3.63, 3.8) is 0 Å². The maximum atomic E-state index is 11.3. The first-order valence-electron chi connectivity index (χ1n) is 7.34. The molecule has 1 aromatic carbocycles. The van der Waals surface area contributed by atoms with Crippen LogP contribution in [-0.4, -0.2) is 29.9 Å². The fraction of sp³-hybridized carbons (Fsp3) is 0.438. The van der Waals surface area contributed by atoms with E-state index in [4.69, 9.17) is 8.85 Å². The highest BCUT2D eigenvalue weighted by Crippen LogP contribution is 2.24. The monoisotopic (exact) mass is 322 g/mol. The molecule has 0 aromatic heterocycles. The fourth-order valence-electron chi connectivity index (χ4n) is 2.32. The number of rotatable bonds is 8. The average Bonchev–Trinajstić information content (AvgIpc) is 2.42. The van der Waals surface area contributed by atoms with E-state index in [-0.39, 0.29) is 11.9 Å². The number of benzene rings is 1. The SMILES string of the molecule is C=CC(=O)OCC(C[SiH](C)O[Si](C)(C)C)c1ccccc1. The van der Waals surface area contributed by atoms with Gasteiger partial charge in [0.1, 0.15) is 0 Å². The molecule has 0 aliphatic heterocycles. The Morgan fingerprint density at radius 1 is 1.33 bits per heavy atom. The minimum Gasteiger partial charge on any atom is -0.462 e. The van der Waals surface area contributed by atoms with Gasteiger partial charge in [-0.05, 0) is 37.8 Å². The number of hydrogen-bond acceptors (Lipinski definition) is 3. The second-order valence-corrected chi connectivity index (χ2v) is 13.5. The van der Waals surface area contributed by atoms with Crippen LogP contribution in [0, 0.1) is 0 Å². The van der Waals surface area contributed by atoms with Gasteiger partial charge >= 0.3 is 5.97 Å². The lowest BCUT2D eigenvalue weighted by Gasteiger charge is -2.26. The predicted molar refractivity (Wildman–Crippen MR) is 92.6 cm³/mol. The molecule has 0 fully saturated rings. The third kappa shape index (κ3) is 7.40. The highest BCUT2D eigenvalue weighted by Gasteiger charge is 2.23. The Kier molecular flexibility index (Phi) is 7.07. The first-order valence-corrected chi connectivity index (χ1v) is 13.2. The zero-order valence-electron chi connectivity index (χ0n) is 13.5. The maximum Gasteiger partial charge on any atom is 0.330 e. The Morgan fingerprint density at radius 2 is 1.95 bits per heavy atom. The van der Waals surface area contributed by atoms with Crippen molar-refractivity contribution in [3.05, 3.63) is 48.6 Å². The number of carbonyl (C=O) groups excluding carboxylic acids is 1. The van der Waals surface area contributed by atoms with E-state index in [2.05, 4.69) is 44.9 Å². The van der Waals surface area contributed by atoms with Gasteiger partial charge in [-0.25, -0.2) is 4.79 Å². The minimum absolute atomic E-state index is 0.202. The molecular formula is C16H26O3Si2. The van der Waals surface area contributed by atoms with Crippen LogP contribution in [0.15, 0.2) is 43.0 Å². The Morgan fingerprint density at radius 3 is 2.48 bits per heavy atom. The van der Waals surface area contributed by atoms with E-state index >= 15 is 0 Å². The van der Waals surface area contributed by atoms with Gasteiger partial charge in [0, 0.05) is 12.0 Å². The summed E-state index contributed by atoms with van der Waals surface area (Å²) in [6.07, 6.45) is 1.21. The van der Waals surface area contributed by atoms with Crippen molar-refractivity contribution in [2.75, 3.05) is 6.61 Å². The van der Waals surface area contributed by atoms with Crippen molar-refractivity contribution < 1.29 is 13.6 Å². The standard InChI is InChI=1S/C16H26O3Si2/c1-6-16(17)18-12-15(14-10-8-7-9-11-14)13-20(2)19-21(3,4)5/h6-11,15,20H,1,12-13H2,2-5H3. The molecule has 0 radical (unpaired) electrons. The Balaban J connectivity index is 2.72. The molecule has 2 atom stereocenters. The molecule has 5 heteroatoms. The van der Waals surface area contributed by atoms with Gasteiger partial charge in [0.05, 0.1) is 6.61 Å². The van der Waals surface area contributed by atoms with Crippen LogP contribution in [0.5, 0.6) is 0 Å². The van der Waals surface area contributed by atoms with Crippen molar-refractivity contribution in [2.45, 2.75) is 38.2 Å². The van der Waals surface area contributed by atoms with Crippen LogP contribution < -0.4 is 0 Å². The lowest BCUT2D eigenvalue weighted by atomic mass is 10.0. The number of hydrogen-bond donors (Lipinski definition) is 0. The molecule has 21 heavy (non-hydrogen) atoms. The van der Waals surface area contributed by atoms with Crippen LogP contribution in [0.1, 0.15) is 11.5 Å². The van der Waals surface area contributed by atoms with E-state index < -0.39 is 17.4 Å². The largest absolute Gasteiger partial charge is 0.462 e. The van der Waals surface area contributed by atoms with Crippen molar-refractivity contribution >= 4 is 23.3 Å². The fourth-order valence-corrected chi connectivity index (χ4v) is 8.74. The van der Waals surface area contributed by atoms with E-state index in [1.807, 2.05) is 18.2 Å². The second-order valence-electron chi connectivity index (χ2n) is 6.22. The van der Waals surface area contributed by atoms with Crippen molar-refractivity contribution in [1.82, 2.24) is 0 Å². The molecule has 1 rings (SSSR count). The molecule has 116 valence electrons. The molecule has 3 nitrogen and oxygen atoms in total. The van der Waals surface area contributed by atoms with E-state index in [9.17, 15) is 4.79 Å². The molecule has 0 aliphatic rings. The summed E-state index contributed by atoms with van der Waals surface area (Å²) >= 11 is 0. The van der Waals surface area contributed by atoms with Crippen molar-refractivity contribution in [2.24, 2.45) is 0 Å². The third-order valence-electron chi connectivity index (χ3n) is 3.04. The zero-order chi connectivity index (χ0) is 15.9. The van der Waals surface area contributed by atoms with Gasteiger partial charge in [-0.3, -0.25) is 0 Å². The summed E-state index contributed by atoms with van der Waals surface area (Å²) in [6, 6.07) is 11.2. The average molecular weight is 323 g/mol. The summed E-state index contributed by atoms with van der Waals surface area (Å²) in [6.45, 7) is 12.7. The molecule has 0 heterocycles. The number of ether oxygens (including phenoxy) is 1. The van der Waals surface area contributed by atoms with E-state index in [1.54, 1.807) is 0 Å². The number of carbonyl (C=O) groups is 1. The van der Waals surface area contributed by atoms with Gasteiger partial charge in [0.2, 0.25) is 0 Å². The van der Waals surface area contributed by atoms with Gasteiger partial charge in [0.25, 0.3) is 0 Å². The van der Waals surface area contributed by atoms with Crippen LogP contribution in [0.2, 0.25) is 32.2 Å². The van der Waals surface area contributed by atoms with Crippen LogP contribution in [-0.2, 0) is 13.6 Å². The lowest BCUT2D eigenvalue weighted by molar-refractivity contribution is -0.138. The van der Waals surface area contributed by atoms with Gasteiger partial charge in [0.15, 0.2) is 17.4 Å². The van der Waals surface area contributed by atoms with Crippen LogP contribution in [0.25, 0.3) is 0 Å². The van der Waals surface area contributed by atoms with E-state index in [1.165, 1.54) is 11.6 Å². The topological polar surface area (TPSA) is 35.5 Å². The lowest BCUT2D eigenvalue weighted by Crippen LogP contribution is -2.34. The maximum absolute atomic E-state index is 11.3. The first kappa shape index (κ1) is 17.9. The smallest absolute Gasteiger partial charge is 0.330 e. The van der Waals surface area contributed by atoms with Gasteiger partial charge < -0.3 is 8.85 Å². The summed E-state index contributed by atoms with van der Waals surface area (Å²) in [4.78, 5) is 11.3. The molecule has 2 unspecified atom stereocenters. The highest BCUT2D eigenvalue weighted by molar-refractivity contribution is 6.77. The molecule has 0 N–H and O–H groups in total. The first-order chi connectivity index (χ1) is 9.81. The summed E-state index contributed by atoms with van der Waals surface area (Å²) in [7, 11) is -2.78. The summed E-state index contributed by atoms with van der Waals surface area (Å²) in [5, 5.41) is 0. The van der Waals surface area contributed by atoms with Crippen LogP contribution in [0.4, 0.5) is 0 Å². The Bertz CT molecular complexity index is 454. The van der Waals surface area contributed by atoms with Crippen molar-refractivity contribution in [3.8, 4) is 0 Å². The number of esters is 1. The quantitative estimate of drug-likeness (QED) is 0.416. The van der Waals surface area contributed by atoms with Crippen LogP contribution >= 0.6 is 0 Å². The molecule has 0 spiro atoms. The Labute approximate surface area is 130 Å². The highest BCUT2D eigenvalue weighted by atomic mass is 28.4. The predicted octanol–water partition coefficient (Wildman–Crippen LogP) is 3.70. The molecule has 0 bridgehead atoms. The van der Waals surface area contributed by atoms with Crippen molar-refractivity contribution in [1.29, 1.82) is 0 Å². The van der Waals surface area contributed by atoms with E-state index in [0.29, 0.717) is 6.61 Å². The minimum atomic E-state index is -1.50. The molecule has 0 amide bonds. The molecule has 1 aromatic rings. The molecular weight excluding hydrogens is 296 g/mol. The Hall–Kier alpha value is -1.18. The molecule has 0 aliphatic carbocycles. The van der Waals surface area contributed by atoms with E-state index in [0.717, 1.165) is 6.04 Å². The third-order valence-corrected chi connectivity index (χ3v) is 8.71. The van der Waals surface area contributed by atoms with Crippen LogP contribution in [0.3, 0.4) is 0 Å². The zero-order valence-corrected chi connectivity index (χ0v) is 15.6. The molecule has 0 saturated carbocycles. The van der Waals surface area contributed by atoms with Gasteiger partial charge in [-0.1, -0.05) is 36.9 Å². The molecule has 0 saturated heterocycles. The normalized spacial score (nSPS) is 14.3. The van der Waals surface area contributed by atoms with Gasteiger partial charge in [-0.2, -0.15) is 0 Å². The van der Waals surface area contributed by atoms with Gasteiger partial charge in [-0.15, -0.1) is 0 Å². The second kappa shape index (κ2) is 8.31. The summed E-state index contributed by atoms with van der Waals surface area (Å²) < 4.78 is 11.5. The summed E-state index contributed by atoms with van der Waals surface area (Å²) in [5.41, 5.74) is 1.20. The summed E-state index contributed by atoms with van der Waals surface area (Å²) in [5.74, 6) is -0.163.